The van der Waals surface area contributed by atoms with Gasteiger partial charge < -0.3 is 19.1 Å². The van der Waals surface area contributed by atoms with Gasteiger partial charge in [-0.25, -0.2) is 4.79 Å². The zero-order chi connectivity index (χ0) is 20.1. The summed E-state index contributed by atoms with van der Waals surface area (Å²) in [4.78, 5) is 38.1. The van der Waals surface area contributed by atoms with Gasteiger partial charge in [0.15, 0.2) is 6.61 Å². The zero-order valence-electron chi connectivity index (χ0n) is 16.0. The molecule has 28 heavy (non-hydrogen) atoms. The van der Waals surface area contributed by atoms with Crippen LogP contribution in [-0.2, 0) is 19.1 Å². The molecular weight excluding hydrogens is 362 g/mol. The smallest absolute Gasteiger partial charge is 0.339 e. The number of rotatable bonds is 5. The van der Waals surface area contributed by atoms with Crippen molar-refractivity contribution in [2.45, 2.75) is 12.8 Å². The SMILES string of the molecule is COC(=O)C1CCN(C(=O)COC(=O)c2ccc(OC)c3ccccc23)CC1. The van der Waals surface area contributed by atoms with Gasteiger partial charge in [0.25, 0.3) is 5.91 Å². The normalized spacial score (nSPS) is 14.6. The van der Waals surface area contributed by atoms with Crippen molar-refractivity contribution in [2.75, 3.05) is 33.9 Å². The summed E-state index contributed by atoms with van der Waals surface area (Å²) in [7, 11) is 2.93. The van der Waals surface area contributed by atoms with E-state index in [4.69, 9.17) is 14.2 Å². The van der Waals surface area contributed by atoms with Gasteiger partial charge in [-0.3, -0.25) is 9.59 Å². The average Bonchev–Trinajstić information content (AvgIpc) is 2.75. The highest BCUT2D eigenvalue weighted by Gasteiger charge is 2.28. The Hall–Kier alpha value is -3.09. The van der Waals surface area contributed by atoms with E-state index in [9.17, 15) is 14.4 Å². The Morgan fingerprint density at radius 3 is 2.32 bits per heavy atom. The molecule has 0 unspecified atom stereocenters. The van der Waals surface area contributed by atoms with Gasteiger partial charge in [-0.2, -0.15) is 0 Å². The van der Waals surface area contributed by atoms with Crippen molar-refractivity contribution < 1.29 is 28.6 Å². The minimum Gasteiger partial charge on any atom is -0.496 e. The fraction of sp³-hybridized carbons (Fsp3) is 0.381. The highest BCUT2D eigenvalue weighted by Crippen LogP contribution is 2.28. The zero-order valence-corrected chi connectivity index (χ0v) is 16.0. The topological polar surface area (TPSA) is 82.1 Å². The fourth-order valence-corrected chi connectivity index (χ4v) is 3.46. The van der Waals surface area contributed by atoms with Gasteiger partial charge in [0.1, 0.15) is 5.75 Å². The van der Waals surface area contributed by atoms with Crippen LogP contribution >= 0.6 is 0 Å². The predicted octanol–water partition coefficient (Wildman–Crippen LogP) is 2.42. The standard InChI is InChI=1S/C21H23NO6/c1-26-18-8-7-17(15-5-3-4-6-16(15)18)21(25)28-13-19(23)22-11-9-14(10-12-22)20(24)27-2/h3-8,14H,9-13H2,1-2H3. The van der Waals surface area contributed by atoms with Gasteiger partial charge in [-0.15, -0.1) is 0 Å². The van der Waals surface area contributed by atoms with Crippen LogP contribution in [0.25, 0.3) is 10.8 Å². The molecule has 0 spiro atoms. The van der Waals surface area contributed by atoms with Crippen molar-refractivity contribution >= 4 is 28.6 Å². The number of hydrogen-bond donors (Lipinski definition) is 0. The van der Waals surface area contributed by atoms with Crippen LogP contribution in [0.3, 0.4) is 0 Å². The minimum absolute atomic E-state index is 0.178. The van der Waals surface area contributed by atoms with E-state index in [0.29, 0.717) is 42.6 Å². The van der Waals surface area contributed by atoms with Crippen molar-refractivity contribution in [3.63, 3.8) is 0 Å². The lowest BCUT2D eigenvalue weighted by molar-refractivity contribution is -0.149. The van der Waals surface area contributed by atoms with Crippen molar-refractivity contribution in [1.29, 1.82) is 0 Å². The van der Waals surface area contributed by atoms with Crippen LogP contribution in [-0.4, -0.2) is 56.7 Å². The first-order valence-electron chi connectivity index (χ1n) is 9.13. The summed E-state index contributed by atoms with van der Waals surface area (Å²) in [5.41, 5.74) is 0.383. The van der Waals surface area contributed by atoms with Crippen molar-refractivity contribution in [3.05, 3.63) is 42.0 Å². The van der Waals surface area contributed by atoms with Crippen LogP contribution in [0, 0.1) is 5.92 Å². The van der Waals surface area contributed by atoms with Crippen LogP contribution in [0.15, 0.2) is 36.4 Å². The first-order valence-corrected chi connectivity index (χ1v) is 9.13. The third-order valence-electron chi connectivity index (χ3n) is 5.03. The number of amides is 1. The molecule has 1 fully saturated rings. The lowest BCUT2D eigenvalue weighted by Crippen LogP contribution is -2.42. The summed E-state index contributed by atoms with van der Waals surface area (Å²) in [5, 5.41) is 1.51. The molecule has 0 radical (unpaired) electrons. The number of nitrogens with zero attached hydrogens (tertiary/aromatic N) is 1. The molecule has 2 aromatic carbocycles. The summed E-state index contributed by atoms with van der Waals surface area (Å²) in [6.07, 6.45) is 1.10. The fourth-order valence-electron chi connectivity index (χ4n) is 3.46. The molecule has 1 aliphatic rings. The quantitative estimate of drug-likeness (QED) is 0.735. The van der Waals surface area contributed by atoms with E-state index in [-0.39, 0.29) is 24.4 Å². The van der Waals surface area contributed by atoms with Crippen LogP contribution in [0.4, 0.5) is 0 Å². The lowest BCUT2D eigenvalue weighted by atomic mass is 9.97. The Kier molecular flexibility index (Phi) is 6.13. The molecule has 0 saturated carbocycles. The third kappa shape index (κ3) is 4.08. The average molecular weight is 385 g/mol. The molecule has 0 aromatic heterocycles. The number of hydrogen-bond acceptors (Lipinski definition) is 6. The molecular formula is C21H23NO6. The summed E-state index contributed by atoms with van der Waals surface area (Å²) >= 11 is 0. The van der Waals surface area contributed by atoms with Crippen LogP contribution in [0.2, 0.25) is 0 Å². The molecule has 2 aromatic rings. The maximum absolute atomic E-state index is 12.5. The van der Waals surface area contributed by atoms with Crippen molar-refractivity contribution in [2.24, 2.45) is 5.92 Å². The van der Waals surface area contributed by atoms with Gasteiger partial charge in [0.2, 0.25) is 0 Å². The minimum atomic E-state index is -0.559. The number of piperidine rings is 1. The molecule has 1 saturated heterocycles. The number of esters is 2. The van der Waals surface area contributed by atoms with Crippen LogP contribution in [0.5, 0.6) is 5.75 Å². The van der Waals surface area contributed by atoms with Crippen molar-refractivity contribution in [1.82, 2.24) is 4.90 Å². The van der Waals surface area contributed by atoms with Gasteiger partial charge in [-0.05, 0) is 30.4 Å². The summed E-state index contributed by atoms with van der Waals surface area (Å²) in [6.45, 7) is 0.561. The van der Waals surface area contributed by atoms with Crippen molar-refractivity contribution in [3.8, 4) is 5.75 Å². The van der Waals surface area contributed by atoms with Crippen LogP contribution in [0.1, 0.15) is 23.2 Å². The molecule has 1 heterocycles. The van der Waals surface area contributed by atoms with E-state index in [1.807, 2.05) is 24.3 Å². The highest BCUT2D eigenvalue weighted by atomic mass is 16.5. The second-order valence-electron chi connectivity index (χ2n) is 6.62. The molecule has 0 aliphatic carbocycles. The number of benzene rings is 2. The van der Waals surface area contributed by atoms with Gasteiger partial charge >= 0.3 is 11.9 Å². The van der Waals surface area contributed by atoms with E-state index in [0.717, 1.165) is 5.39 Å². The number of methoxy groups -OCH3 is 2. The highest BCUT2D eigenvalue weighted by molar-refractivity contribution is 6.06. The maximum atomic E-state index is 12.5. The van der Waals surface area contributed by atoms with E-state index in [2.05, 4.69) is 0 Å². The molecule has 1 amide bonds. The molecule has 1 aliphatic heterocycles. The van der Waals surface area contributed by atoms with E-state index >= 15 is 0 Å². The second kappa shape index (κ2) is 8.73. The number of likely N-dealkylation sites (tertiary alicyclic amines) is 1. The Labute approximate surface area is 163 Å². The van der Waals surface area contributed by atoms with Gasteiger partial charge in [0, 0.05) is 18.5 Å². The first-order chi connectivity index (χ1) is 13.5. The van der Waals surface area contributed by atoms with E-state index < -0.39 is 5.97 Å². The number of ether oxygens (including phenoxy) is 3. The predicted molar refractivity (Wildman–Crippen MR) is 102 cm³/mol. The summed E-state index contributed by atoms with van der Waals surface area (Å²) in [5.74, 6) is -0.588. The Balaban J connectivity index is 1.61. The molecule has 3 rings (SSSR count). The second-order valence-corrected chi connectivity index (χ2v) is 6.62. The molecule has 7 heteroatoms. The lowest BCUT2D eigenvalue weighted by Gasteiger charge is -2.30. The summed E-state index contributed by atoms with van der Waals surface area (Å²) < 4.78 is 15.3. The molecule has 0 atom stereocenters. The van der Waals surface area contributed by atoms with Crippen LogP contribution < -0.4 is 4.74 Å². The first kappa shape index (κ1) is 19.7. The number of fused-ring (bicyclic) bond motifs is 1. The molecule has 7 nitrogen and oxygen atoms in total. The van der Waals surface area contributed by atoms with E-state index in [1.165, 1.54) is 7.11 Å². The summed E-state index contributed by atoms with van der Waals surface area (Å²) in [6, 6.07) is 10.7. The largest absolute Gasteiger partial charge is 0.496 e. The van der Waals surface area contributed by atoms with Gasteiger partial charge in [-0.1, -0.05) is 24.3 Å². The molecule has 0 bridgehead atoms. The Morgan fingerprint density at radius 2 is 1.68 bits per heavy atom. The number of carbonyl (C=O) groups is 3. The third-order valence-corrected chi connectivity index (χ3v) is 5.03. The maximum Gasteiger partial charge on any atom is 0.339 e. The monoisotopic (exact) mass is 385 g/mol. The Bertz CT molecular complexity index is 886. The Morgan fingerprint density at radius 1 is 1.00 bits per heavy atom. The van der Waals surface area contributed by atoms with Gasteiger partial charge in [0.05, 0.1) is 25.7 Å². The number of carbonyl (C=O) groups excluding carboxylic acids is 3. The molecule has 148 valence electrons. The molecule has 0 N–H and O–H groups in total. The van der Waals surface area contributed by atoms with E-state index in [1.54, 1.807) is 24.1 Å².